The predicted molar refractivity (Wildman–Crippen MR) is 86.2 cm³/mol. The first kappa shape index (κ1) is 16.0. The van der Waals surface area contributed by atoms with Crippen molar-refractivity contribution in [3.63, 3.8) is 0 Å². The van der Waals surface area contributed by atoms with E-state index in [1.165, 1.54) is 6.07 Å². The van der Waals surface area contributed by atoms with Crippen molar-refractivity contribution in [1.29, 1.82) is 0 Å². The van der Waals surface area contributed by atoms with E-state index in [0.717, 1.165) is 40.2 Å². The van der Waals surface area contributed by atoms with Crippen molar-refractivity contribution < 1.29 is 19.7 Å². The molecule has 0 aliphatic heterocycles. The standard InChI is InChI=1S/C18H22O4/c1-11-15(12(2)17(20)10-16(11)19)7-5-13-9-14(21-3)6-8-18(13)22-4/h6,8-10,19-20H,5,7H2,1-4H3. The van der Waals surface area contributed by atoms with Crippen molar-refractivity contribution in [2.24, 2.45) is 0 Å². The summed E-state index contributed by atoms with van der Waals surface area (Å²) < 4.78 is 10.6. The van der Waals surface area contributed by atoms with Crippen LogP contribution in [0.5, 0.6) is 23.0 Å². The van der Waals surface area contributed by atoms with Gasteiger partial charge in [-0.05, 0) is 67.1 Å². The number of rotatable bonds is 5. The Hall–Kier alpha value is -2.36. The van der Waals surface area contributed by atoms with Gasteiger partial charge in [0.2, 0.25) is 0 Å². The summed E-state index contributed by atoms with van der Waals surface area (Å²) in [5, 5.41) is 19.8. The van der Waals surface area contributed by atoms with Gasteiger partial charge >= 0.3 is 0 Å². The van der Waals surface area contributed by atoms with Crippen molar-refractivity contribution >= 4 is 0 Å². The van der Waals surface area contributed by atoms with Crippen LogP contribution in [-0.4, -0.2) is 24.4 Å². The minimum absolute atomic E-state index is 0.121. The Morgan fingerprint density at radius 2 is 1.50 bits per heavy atom. The summed E-state index contributed by atoms with van der Waals surface area (Å²) in [7, 11) is 3.27. The van der Waals surface area contributed by atoms with Crippen molar-refractivity contribution in [1.82, 2.24) is 0 Å². The Balaban J connectivity index is 2.31. The Kier molecular flexibility index (Phi) is 4.81. The van der Waals surface area contributed by atoms with Crippen molar-refractivity contribution in [3.05, 3.63) is 46.5 Å². The number of hydrogen-bond donors (Lipinski definition) is 2. The maximum Gasteiger partial charge on any atom is 0.122 e. The number of methoxy groups -OCH3 is 2. The molecule has 0 amide bonds. The zero-order valence-electron chi connectivity index (χ0n) is 13.4. The van der Waals surface area contributed by atoms with E-state index in [2.05, 4.69) is 0 Å². The second kappa shape index (κ2) is 6.60. The highest BCUT2D eigenvalue weighted by Gasteiger charge is 2.13. The molecule has 0 fully saturated rings. The number of benzene rings is 2. The molecule has 22 heavy (non-hydrogen) atoms. The minimum atomic E-state index is 0.121. The van der Waals surface area contributed by atoms with Crippen LogP contribution in [0.25, 0.3) is 0 Å². The molecule has 0 bridgehead atoms. The Morgan fingerprint density at radius 1 is 0.864 bits per heavy atom. The van der Waals surface area contributed by atoms with Gasteiger partial charge in [-0.1, -0.05) is 0 Å². The Labute approximate surface area is 130 Å². The first-order valence-corrected chi connectivity index (χ1v) is 7.19. The lowest BCUT2D eigenvalue weighted by molar-refractivity contribution is 0.398. The van der Waals surface area contributed by atoms with Gasteiger partial charge in [0.1, 0.15) is 23.0 Å². The molecule has 0 saturated carbocycles. The molecule has 4 nitrogen and oxygen atoms in total. The first-order chi connectivity index (χ1) is 10.5. The molecule has 0 spiro atoms. The van der Waals surface area contributed by atoms with Gasteiger partial charge in [0, 0.05) is 6.07 Å². The number of hydrogen-bond acceptors (Lipinski definition) is 4. The molecule has 0 aliphatic carbocycles. The molecule has 2 N–H and O–H groups in total. The zero-order chi connectivity index (χ0) is 16.3. The van der Waals surface area contributed by atoms with E-state index in [-0.39, 0.29) is 11.5 Å². The monoisotopic (exact) mass is 302 g/mol. The maximum absolute atomic E-state index is 9.88. The number of phenolic OH excluding ortho intramolecular Hbond substituents is 2. The molecule has 0 heterocycles. The molecule has 2 aromatic rings. The van der Waals surface area contributed by atoms with Crippen LogP contribution in [0.15, 0.2) is 24.3 Å². The van der Waals surface area contributed by atoms with E-state index in [4.69, 9.17) is 9.47 Å². The number of aryl methyl sites for hydroxylation is 1. The van der Waals surface area contributed by atoms with Crippen molar-refractivity contribution in [2.75, 3.05) is 14.2 Å². The minimum Gasteiger partial charge on any atom is -0.508 e. The maximum atomic E-state index is 9.88. The molecule has 2 rings (SSSR count). The van der Waals surface area contributed by atoms with Crippen LogP contribution in [-0.2, 0) is 12.8 Å². The lowest BCUT2D eigenvalue weighted by Crippen LogP contribution is -2.00. The van der Waals surface area contributed by atoms with E-state index in [0.29, 0.717) is 6.42 Å². The number of ether oxygens (including phenoxy) is 2. The van der Waals surface area contributed by atoms with Crippen LogP contribution >= 0.6 is 0 Å². The van der Waals surface area contributed by atoms with Gasteiger partial charge in [-0.3, -0.25) is 0 Å². The number of phenols is 2. The Bertz CT molecular complexity index is 651. The second-order valence-corrected chi connectivity index (χ2v) is 5.32. The molecule has 118 valence electrons. The van der Waals surface area contributed by atoms with Crippen LogP contribution in [0.4, 0.5) is 0 Å². The predicted octanol–water partition coefficient (Wildman–Crippen LogP) is 3.52. The highest BCUT2D eigenvalue weighted by Crippen LogP contribution is 2.33. The first-order valence-electron chi connectivity index (χ1n) is 7.19. The molecule has 0 atom stereocenters. The summed E-state index contributed by atoms with van der Waals surface area (Å²) in [5.74, 6) is 1.83. The molecule has 2 aromatic carbocycles. The van der Waals surface area contributed by atoms with Crippen LogP contribution in [0, 0.1) is 13.8 Å². The number of aromatic hydroxyl groups is 2. The van der Waals surface area contributed by atoms with Crippen molar-refractivity contribution in [2.45, 2.75) is 26.7 Å². The molecular formula is C18H22O4. The largest absolute Gasteiger partial charge is 0.508 e. The Morgan fingerprint density at radius 3 is 2.05 bits per heavy atom. The summed E-state index contributed by atoms with van der Waals surface area (Å²) in [6, 6.07) is 7.08. The average molecular weight is 302 g/mol. The van der Waals surface area contributed by atoms with E-state index in [9.17, 15) is 10.2 Å². The third kappa shape index (κ3) is 3.11. The SMILES string of the molecule is COc1ccc(OC)c(CCc2c(C)c(O)cc(O)c2C)c1. The summed E-state index contributed by atoms with van der Waals surface area (Å²) in [4.78, 5) is 0. The highest BCUT2D eigenvalue weighted by atomic mass is 16.5. The van der Waals surface area contributed by atoms with Crippen LogP contribution in [0.2, 0.25) is 0 Å². The molecule has 0 radical (unpaired) electrons. The zero-order valence-corrected chi connectivity index (χ0v) is 13.4. The van der Waals surface area contributed by atoms with Crippen LogP contribution in [0.1, 0.15) is 22.3 Å². The van der Waals surface area contributed by atoms with E-state index in [1.807, 2.05) is 32.0 Å². The third-order valence-corrected chi connectivity index (χ3v) is 4.08. The van der Waals surface area contributed by atoms with Gasteiger partial charge in [-0.2, -0.15) is 0 Å². The molecular weight excluding hydrogens is 280 g/mol. The fourth-order valence-electron chi connectivity index (χ4n) is 2.65. The summed E-state index contributed by atoms with van der Waals surface area (Å²) >= 11 is 0. The highest BCUT2D eigenvalue weighted by molar-refractivity contribution is 5.51. The normalized spacial score (nSPS) is 10.5. The molecule has 0 saturated heterocycles. The smallest absolute Gasteiger partial charge is 0.122 e. The van der Waals surface area contributed by atoms with E-state index < -0.39 is 0 Å². The van der Waals surface area contributed by atoms with Crippen LogP contribution < -0.4 is 9.47 Å². The summed E-state index contributed by atoms with van der Waals surface area (Å²) in [5.41, 5.74) is 3.60. The molecule has 0 aromatic heterocycles. The third-order valence-electron chi connectivity index (χ3n) is 4.08. The fraction of sp³-hybridized carbons (Fsp3) is 0.333. The second-order valence-electron chi connectivity index (χ2n) is 5.32. The fourth-order valence-corrected chi connectivity index (χ4v) is 2.65. The van der Waals surface area contributed by atoms with Gasteiger partial charge in [0.15, 0.2) is 0 Å². The lowest BCUT2D eigenvalue weighted by atomic mass is 9.94. The van der Waals surface area contributed by atoms with Gasteiger partial charge < -0.3 is 19.7 Å². The van der Waals surface area contributed by atoms with Crippen LogP contribution in [0.3, 0.4) is 0 Å². The molecule has 0 aliphatic rings. The van der Waals surface area contributed by atoms with Gasteiger partial charge in [0.25, 0.3) is 0 Å². The van der Waals surface area contributed by atoms with Gasteiger partial charge in [0.05, 0.1) is 14.2 Å². The van der Waals surface area contributed by atoms with E-state index >= 15 is 0 Å². The van der Waals surface area contributed by atoms with E-state index in [1.54, 1.807) is 14.2 Å². The quantitative estimate of drug-likeness (QED) is 0.887. The molecule has 4 heteroatoms. The summed E-state index contributed by atoms with van der Waals surface area (Å²) in [6.07, 6.45) is 1.42. The average Bonchev–Trinajstić information content (AvgIpc) is 2.52. The summed E-state index contributed by atoms with van der Waals surface area (Å²) in [6.45, 7) is 3.72. The van der Waals surface area contributed by atoms with Crippen molar-refractivity contribution in [3.8, 4) is 23.0 Å². The van der Waals surface area contributed by atoms with Gasteiger partial charge in [-0.15, -0.1) is 0 Å². The molecule has 0 unspecified atom stereocenters. The topological polar surface area (TPSA) is 58.9 Å². The van der Waals surface area contributed by atoms with Gasteiger partial charge in [-0.25, -0.2) is 0 Å². The lowest BCUT2D eigenvalue weighted by Gasteiger charge is -2.15.